The minimum absolute atomic E-state index is 0.525. The first-order chi connectivity index (χ1) is 4.89. The van der Waals surface area contributed by atoms with Crippen molar-refractivity contribution in [3.8, 4) is 0 Å². The van der Waals surface area contributed by atoms with E-state index in [0.717, 1.165) is 0 Å². The third-order valence-electron chi connectivity index (χ3n) is 1.90. The van der Waals surface area contributed by atoms with Gasteiger partial charge in [-0.3, -0.25) is 0 Å². The highest BCUT2D eigenvalue weighted by Gasteiger charge is 2.05. The average molecular weight is 144 g/mol. The normalized spacial score (nSPS) is 20.7. The molecule has 10 heavy (non-hydrogen) atoms. The summed E-state index contributed by atoms with van der Waals surface area (Å²) in [5.74, 6) is 0. The van der Waals surface area contributed by atoms with E-state index in [1.807, 2.05) is 0 Å². The van der Waals surface area contributed by atoms with Crippen molar-refractivity contribution in [3.05, 3.63) is 0 Å². The van der Waals surface area contributed by atoms with E-state index in [0.29, 0.717) is 6.04 Å². The lowest BCUT2D eigenvalue weighted by atomic mass is 10.1. The van der Waals surface area contributed by atoms with Gasteiger partial charge in [-0.05, 0) is 19.9 Å². The predicted molar refractivity (Wildman–Crippen MR) is 45.8 cm³/mol. The molecule has 1 rings (SSSR count). The molecule has 4 N–H and O–H groups in total. The first-order valence-electron chi connectivity index (χ1n) is 4.23. The van der Waals surface area contributed by atoms with Crippen LogP contribution in [0.4, 0.5) is 0 Å². The molecular formula is C8H20N2. The van der Waals surface area contributed by atoms with Crippen molar-refractivity contribution in [2.24, 2.45) is 11.5 Å². The highest BCUT2D eigenvalue weighted by molar-refractivity contribution is 4.64. The maximum Gasteiger partial charge on any atom is 0.00388 e. The largest absolute Gasteiger partial charge is 0.333 e. The Bertz CT molecular complexity index is 56.3. The van der Waals surface area contributed by atoms with E-state index in [1.165, 1.54) is 45.6 Å². The van der Waals surface area contributed by atoms with Gasteiger partial charge in [0.1, 0.15) is 0 Å². The van der Waals surface area contributed by atoms with E-state index >= 15 is 0 Å². The highest BCUT2D eigenvalue weighted by Crippen LogP contribution is 2.14. The predicted octanol–water partition coefficient (Wildman–Crippen LogP) is 1.24. The lowest BCUT2D eigenvalue weighted by molar-refractivity contribution is 0.583. The van der Waals surface area contributed by atoms with Gasteiger partial charge in [-0.15, -0.1) is 0 Å². The summed E-state index contributed by atoms with van der Waals surface area (Å²) in [5, 5.41) is 0. The fourth-order valence-corrected chi connectivity index (χ4v) is 1.31. The van der Waals surface area contributed by atoms with E-state index in [9.17, 15) is 0 Å². The first-order valence-corrected chi connectivity index (χ1v) is 4.23. The van der Waals surface area contributed by atoms with Crippen molar-refractivity contribution in [1.29, 1.82) is 0 Å². The molecule has 0 unspecified atom stereocenters. The zero-order chi connectivity index (χ0) is 7.82. The molecule has 0 heterocycles. The number of hydrogen-bond donors (Lipinski definition) is 2. The molecule has 0 bridgehead atoms. The average Bonchev–Trinajstić information content (AvgIpc) is 2.21. The molecule has 2 nitrogen and oxygen atoms in total. The molecule has 0 aromatic carbocycles. The van der Waals surface area contributed by atoms with E-state index in [-0.39, 0.29) is 0 Å². The van der Waals surface area contributed by atoms with E-state index in [4.69, 9.17) is 5.73 Å². The zero-order valence-corrected chi connectivity index (χ0v) is 6.97. The molecule has 1 aliphatic carbocycles. The summed E-state index contributed by atoms with van der Waals surface area (Å²) in [5.41, 5.74) is 10.2. The molecule has 0 atom stereocenters. The summed E-state index contributed by atoms with van der Waals surface area (Å²) in [6.07, 6.45) is 8.07. The minimum atomic E-state index is 0.525. The van der Waals surface area contributed by atoms with Gasteiger partial charge in [-0.1, -0.05) is 25.7 Å². The first kappa shape index (κ1) is 9.92. The third kappa shape index (κ3) is 4.77. The SMILES string of the molecule is CN.NC1CCCCCC1. The van der Waals surface area contributed by atoms with E-state index in [1.54, 1.807) is 0 Å². The second-order valence-corrected chi connectivity index (χ2v) is 2.75. The number of hydrogen-bond acceptors (Lipinski definition) is 2. The standard InChI is InChI=1S/C7H15N.CH5N/c8-7-5-3-1-2-4-6-7;1-2/h7H,1-6,8H2;2H2,1H3. The third-order valence-corrected chi connectivity index (χ3v) is 1.90. The smallest absolute Gasteiger partial charge is 0.00388 e. The molecule has 1 aliphatic rings. The minimum Gasteiger partial charge on any atom is -0.333 e. The van der Waals surface area contributed by atoms with E-state index < -0.39 is 0 Å². The Hall–Kier alpha value is -0.0800. The molecule has 0 amide bonds. The second-order valence-electron chi connectivity index (χ2n) is 2.75. The topological polar surface area (TPSA) is 52.0 Å². The summed E-state index contributed by atoms with van der Waals surface area (Å²) in [7, 11) is 1.50. The summed E-state index contributed by atoms with van der Waals surface area (Å²) in [4.78, 5) is 0. The molecule has 0 spiro atoms. The molecule has 0 aromatic rings. The molecular weight excluding hydrogens is 124 g/mol. The summed E-state index contributed by atoms with van der Waals surface area (Å²) in [6, 6.07) is 0.525. The summed E-state index contributed by atoms with van der Waals surface area (Å²) >= 11 is 0. The van der Waals surface area contributed by atoms with Crippen molar-refractivity contribution in [3.63, 3.8) is 0 Å². The molecule has 2 heteroatoms. The van der Waals surface area contributed by atoms with Gasteiger partial charge in [0, 0.05) is 6.04 Å². The van der Waals surface area contributed by atoms with Gasteiger partial charge in [-0.2, -0.15) is 0 Å². The Balaban J connectivity index is 0.000000371. The fourth-order valence-electron chi connectivity index (χ4n) is 1.31. The van der Waals surface area contributed by atoms with Gasteiger partial charge in [-0.25, -0.2) is 0 Å². The van der Waals surface area contributed by atoms with Crippen LogP contribution < -0.4 is 11.5 Å². The number of nitrogens with two attached hydrogens (primary N) is 2. The zero-order valence-electron chi connectivity index (χ0n) is 6.97. The van der Waals surface area contributed by atoms with Crippen LogP contribution in [-0.4, -0.2) is 13.1 Å². The van der Waals surface area contributed by atoms with E-state index in [2.05, 4.69) is 5.73 Å². The van der Waals surface area contributed by atoms with Gasteiger partial charge in [0.25, 0.3) is 0 Å². The van der Waals surface area contributed by atoms with Gasteiger partial charge >= 0.3 is 0 Å². The van der Waals surface area contributed by atoms with Gasteiger partial charge in [0.15, 0.2) is 0 Å². The monoisotopic (exact) mass is 144 g/mol. The molecule has 0 aromatic heterocycles. The highest BCUT2D eigenvalue weighted by atomic mass is 14.6. The molecule has 0 radical (unpaired) electrons. The van der Waals surface area contributed by atoms with Crippen LogP contribution in [-0.2, 0) is 0 Å². The Morgan fingerprint density at radius 2 is 1.30 bits per heavy atom. The van der Waals surface area contributed by atoms with Crippen LogP contribution in [0.25, 0.3) is 0 Å². The van der Waals surface area contributed by atoms with Crippen molar-refractivity contribution in [2.75, 3.05) is 7.05 Å². The molecule has 0 aliphatic heterocycles. The Labute approximate surface area is 64.0 Å². The number of rotatable bonds is 0. The van der Waals surface area contributed by atoms with Crippen LogP contribution in [0.2, 0.25) is 0 Å². The lowest BCUT2D eigenvalue weighted by Gasteiger charge is -2.03. The lowest BCUT2D eigenvalue weighted by Crippen LogP contribution is -2.17. The van der Waals surface area contributed by atoms with Crippen molar-refractivity contribution in [1.82, 2.24) is 0 Å². The van der Waals surface area contributed by atoms with Crippen LogP contribution >= 0.6 is 0 Å². The van der Waals surface area contributed by atoms with Gasteiger partial charge in [0.05, 0.1) is 0 Å². The quantitative estimate of drug-likeness (QED) is 0.503. The van der Waals surface area contributed by atoms with Crippen LogP contribution in [0.15, 0.2) is 0 Å². The molecule has 1 fully saturated rings. The van der Waals surface area contributed by atoms with Crippen LogP contribution in [0.5, 0.6) is 0 Å². The Morgan fingerprint density at radius 3 is 1.70 bits per heavy atom. The van der Waals surface area contributed by atoms with Crippen molar-refractivity contribution >= 4 is 0 Å². The summed E-state index contributed by atoms with van der Waals surface area (Å²) in [6.45, 7) is 0. The molecule has 62 valence electrons. The van der Waals surface area contributed by atoms with Gasteiger partial charge < -0.3 is 11.5 Å². The molecule has 1 saturated carbocycles. The maximum atomic E-state index is 5.73. The Morgan fingerprint density at radius 1 is 0.900 bits per heavy atom. The Kier molecular flexibility index (Phi) is 6.98. The van der Waals surface area contributed by atoms with Gasteiger partial charge in [0.2, 0.25) is 0 Å². The van der Waals surface area contributed by atoms with Crippen LogP contribution in [0.3, 0.4) is 0 Å². The van der Waals surface area contributed by atoms with Crippen molar-refractivity contribution in [2.45, 2.75) is 44.6 Å². The second kappa shape index (κ2) is 7.03. The fraction of sp³-hybridized carbons (Fsp3) is 1.00. The molecule has 0 saturated heterocycles. The summed E-state index contributed by atoms with van der Waals surface area (Å²) < 4.78 is 0. The van der Waals surface area contributed by atoms with Crippen LogP contribution in [0, 0.1) is 0 Å². The van der Waals surface area contributed by atoms with Crippen molar-refractivity contribution < 1.29 is 0 Å². The van der Waals surface area contributed by atoms with Crippen LogP contribution in [0.1, 0.15) is 38.5 Å². The maximum absolute atomic E-state index is 5.73.